The maximum absolute atomic E-state index is 4.11. The molecule has 0 radical (unpaired) electrons. The average molecular weight is 238 g/mol. The van der Waals surface area contributed by atoms with Crippen LogP contribution in [-0.4, -0.2) is 21.3 Å². The van der Waals surface area contributed by atoms with Gasteiger partial charge in [0.05, 0.1) is 6.04 Å². The van der Waals surface area contributed by atoms with Gasteiger partial charge in [-0.25, -0.2) is 0 Å². The van der Waals surface area contributed by atoms with Gasteiger partial charge in [-0.1, -0.05) is 39.0 Å². The third kappa shape index (κ3) is 5.31. The fourth-order valence-corrected chi connectivity index (χ4v) is 2.00. The van der Waals surface area contributed by atoms with E-state index in [0.717, 1.165) is 12.4 Å². The SMILES string of the molecule is CCCCCCCCNC(C)c1nncn1C. The van der Waals surface area contributed by atoms with Gasteiger partial charge in [-0.2, -0.15) is 0 Å². The number of aromatic nitrogens is 3. The molecule has 0 saturated heterocycles. The van der Waals surface area contributed by atoms with Crippen molar-refractivity contribution in [1.82, 2.24) is 20.1 Å². The van der Waals surface area contributed by atoms with Crippen LogP contribution in [0.2, 0.25) is 0 Å². The minimum Gasteiger partial charge on any atom is -0.319 e. The van der Waals surface area contributed by atoms with Crippen LogP contribution < -0.4 is 5.32 Å². The molecule has 1 heterocycles. The van der Waals surface area contributed by atoms with Gasteiger partial charge in [0.25, 0.3) is 0 Å². The van der Waals surface area contributed by atoms with Gasteiger partial charge in [-0.05, 0) is 19.9 Å². The van der Waals surface area contributed by atoms with E-state index in [1.165, 1.54) is 38.5 Å². The maximum atomic E-state index is 4.11. The highest BCUT2D eigenvalue weighted by Crippen LogP contribution is 2.08. The molecule has 0 bridgehead atoms. The van der Waals surface area contributed by atoms with Gasteiger partial charge in [0.15, 0.2) is 0 Å². The van der Waals surface area contributed by atoms with Crippen LogP contribution in [0.15, 0.2) is 6.33 Å². The number of hydrogen-bond acceptors (Lipinski definition) is 3. The summed E-state index contributed by atoms with van der Waals surface area (Å²) in [5, 5.41) is 11.5. The lowest BCUT2D eigenvalue weighted by atomic mass is 10.1. The van der Waals surface area contributed by atoms with Crippen molar-refractivity contribution >= 4 is 0 Å². The standard InChI is InChI=1S/C13H26N4/c1-4-5-6-7-8-9-10-14-12(2)13-16-15-11-17(13)3/h11-12,14H,4-10H2,1-3H3. The molecule has 0 aliphatic rings. The Hall–Kier alpha value is -0.900. The Morgan fingerprint density at radius 2 is 1.94 bits per heavy atom. The minimum absolute atomic E-state index is 0.290. The second-order valence-corrected chi connectivity index (χ2v) is 4.74. The van der Waals surface area contributed by atoms with Gasteiger partial charge in [0.1, 0.15) is 12.2 Å². The van der Waals surface area contributed by atoms with E-state index >= 15 is 0 Å². The number of rotatable bonds is 9. The van der Waals surface area contributed by atoms with Crippen LogP contribution in [0.5, 0.6) is 0 Å². The zero-order chi connectivity index (χ0) is 12.5. The molecule has 1 aromatic heterocycles. The van der Waals surface area contributed by atoms with Crippen LogP contribution in [0.3, 0.4) is 0 Å². The minimum atomic E-state index is 0.290. The highest BCUT2D eigenvalue weighted by molar-refractivity contribution is 4.91. The first-order valence-electron chi connectivity index (χ1n) is 6.83. The first-order valence-corrected chi connectivity index (χ1v) is 6.83. The quantitative estimate of drug-likeness (QED) is 0.673. The number of nitrogens with zero attached hydrogens (tertiary/aromatic N) is 3. The maximum Gasteiger partial charge on any atom is 0.149 e. The number of unbranched alkanes of at least 4 members (excludes halogenated alkanes) is 5. The van der Waals surface area contributed by atoms with Crippen molar-refractivity contribution in [3.63, 3.8) is 0 Å². The summed E-state index contributed by atoms with van der Waals surface area (Å²) in [4.78, 5) is 0. The molecule has 1 unspecified atom stereocenters. The second kappa shape index (κ2) is 8.23. The van der Waals surface area contributed by atoms with Crippen molar-refractivity contribution in [3.8, 4) is 0 Å². The molecule has 0 spiro atoms. The molecule has 98 valence electrons. The average Bonchev–Trinajstić information content (AvgIpc) is 2.74. The highest BCUT2D eigenvalue weighted by Gasteiger charge is 2.09. The van der Waals surface area contributed by atoms with Crippen LogP contribution in [0.1, 0.15) is 64.2 Å². The summed E-state index contributed by atoms with van der Waals surface area (Å²) < 4.78 is 1.97. The molecule has 0 saturated carbocycles. The largest absolute Gasteiger partial charge is 0.319 e. The predicted molar refractivity (Wildman–Crippen MR) is 70.8 cm³/mol. The van der Waals surface area contributed by atoms with Crippen LogP contribution in [0.4, 0.5) is 0 Å². The van der Waals surface area contributed by atoms with Crippen LogP contribution in [0, 0.1) is 0 Å². The Labute approximate surface area is 105 Å². The number of hydrogen-bond donors (Lipinski definition) is 1. The van der Waals surface area contributed by atoms with Crippen LogP contribution >= 0.6 is 0 Å². The second-order valence-electron chi connectivity index (χ2n) is 4.74. The van der Waals surface area contributed by atoms with Gasteiger partial charge in [0, 0.05) is 7.05 Å². The molecule has 17 heavy (non-hydrogen) atoms. The monoisotopic (exact) mass is 238 g/mol. The molecule has 1 N–H and O–H groups in total. The van der Waals surface area contributed by atoms with Crippen molar-refractivity contribution in [2.75, 3.05) is 6.54 Å². The summed E-state index contributed by atoms with van der Waals surface area (Å²) in [5.74, 6) is 1.01. The Bertz CT molecular complexity index is 295. The molecular formula is C13H26N4. The van der Waals surface area contributed by atoms with Gasteiger partial charge in [-0.3, -0.25) is 0 Å². The molecule has 0 fully saturated rings. The summed E-state index contributed by atoms with van der Waals surface area (Å²) >= 11 is 0. The van der Waals surface area contributed by atoms with Crippen molar-refractivity contribution in [1.29, 1.82) is 0 Å². The number of nitrogens with one attached hydrogen (secondary N) is 1. The van der Waals surface area contributed by atoms with Crippen molar-refractivity contribution in [2.24, 2.45) is 7.05 Å². The molecule has 1 rings (SSSR count). The summed E-state index contributed by atoms with van der Waals surface area (Å²) in [6.45, 7) is 5.46. The van der Waals surface area contributed by atoms with E-state index in [9.17, 15) is 0 Å². The molecule has 1 aromatic rings. The van der Waals surface area contributed by atoms with Gasteiger partial charge < -0.3 is 9.88 Å². The van der Waals surface area contributed by atoms with Crippen molar-refractivity contribution < 1.29 is 0 Å². The Kier molecular flexibility index (Phi) is 6.86. The van der Waals surface area contributed by atoms with Crippen LogP contribution in [0.25, 0.3) is 0 Å². The third-order valence-corrected chi connectivity index (χ3v) is 3.11. The molecule has 0 aromatic carbocycles. The lowest BCUT2D eigenvalue weighted by molar-refractivity contribution is 0.501. The summed E-state index contributed by atoms with van der Waals surface area (Å²) in [6.07, 6.45) is 9.79. The van der Waals surface area contributed by atoms with Gasteiger partial charge in [0.2, 0.25) is 0 Å². The van der Waals surface area contributed by atoms with Crippen molar-refractivity contribution in [3.05, 3.63) is 12.2 Å². The molecular weight excluding hydrogens is 212 g/mol. The molecule has 1 atom stereocenters. The van der Waals surface area contributed by atoms with E-state index in [2.05, 4.69) is 29.4 Å². The van der Waals surface area contributed by atoms with E-state index in [1.54, 1.807) is 6.33 Å². The highest BCUT2D eigenvalue weighted by atomic mass is 15.3. The Balaban J connectivity index is 2.05. The zero-order valence-electron chi connectivity index (χ0n) is 11.4. The van der Waals surface area contributed by atoms with E-state index < -0.39 is 0 Å². The van der Waals surface area contributed by atoms with Gasteiger partial charge in [-0.15, -0.1) is 10.2 Å². The zero-order valence-corrected chi connectivity index (χ0v) is 11.4. The number of aryl methyl sites for hydroxylation is 1. The normalized spacial score (nSPS) is 12.9. The summed E-state index contributed by atoms with van der Waals surface area (Å²) in [5.41, 5.74) is 0. The van der Waals surface area contributed by atoms with Crippen molar-refractivity contribution in [2.45, 2.75) is 58.4 Å². The molecule has 0 aliphatic heterocycles. The summed E-state index contributed by atoms with van der Waals surface area (Å²) in [6, 6.07) is 0.290. The lowest BCUT2D eigenvalue weighted by Crippen LogP contribution is -2.22. The third-order valence-electron chi connectivity index (χ3n) is 3.11. The van der Waals surface area contributed by atoms with E-state index in [0.29, 0.717) is 0 Å². The Morgan fingerprint density at radius 3 is 2.59 bits per heavy atom. The lowest BCUT2D eigenvalue weighted by Gasteiger charge is -2.12. The molecule has 0 amide bonds. The fourth-order valence-electron chi connectivity index (χ4n) is 2.00. The molecule has 4 nitrogen and oxygen atoms in total. The summed E-state index contributed by atoms with van der Waals surface area (Å²) in [7, 11) is 1.98. The topological polar surface area (TPSA) is 42.7 Å². The fraction of sp³-hybridized carbons (Fsp3) is 0.846. The Morgan fingerprint density at radius 1 is 1.24 bits per heavy atom. The van der Waals surface area contributed by atoms with Gasteiger partial charge >= 0.3 is 0 Å². The van der Waals surface area contributed by atoms with E-state index in [-0.39, 0.29) is 6.04 Å². The van der Waals surface area contributed by atoms with Crippen LogP contribution in [-0.2, 0) is 7.05 Å². The molecule has 0 aliphatic carbocycles. The van der Waals surface area contributed by atoms with E-state index in [4.69, 9.17) is 0 Å². The predicted octanol–water partition coefficient (Wildman–Crippen LogP) is 2.83. The molecule has 4 heteroatoms. The smallest absolute Gasteiger partial charge is 0.149 e. The first kappa shape index (κ1) is 14.2. The van der Waals surface area contributed by atoms with E-state index in [1.807, 2.05) is 11.6 Å². The first-order chi connectivity index (χ1) is 8.25.